The third-order valence-corrected chi connectivity index (χ3v) is 4.99. The largest absolute Gasteiger partial charge is 0.441 e. The van der Waals surface area contributed by atoms with Crippen molar-refractivity contribution in [2.24, 2.45) is 0 Å². The van der Waals surface area contributed by atoms with Gasteiger partial charge < -0.3 is 14.6 Å². The van der Waals surface area contributed by atoms with E-state index in [0.29, 0.717) is 5.76 Å². The molecule has 2 saturated heterocycles. The number of piperidine rings is 1. The molecule has 3 heterocycles. The van der Waals surface area contributed by atoms with Crippen molar-refractivity contribution in [2.45, 2.75) is 32.7 Å². The van der Waals surface area contributed by atoms with Crippen LogP contribution in [0.3, 0.4) is 0 Å². The third-order valence-electron chi connectivity index (χ3n) is 4.99. The fourth-order valence-electron chi connectivity index (χ4n) is 3.44. The molecule has 0 radical (unpaired) electrons. The zero-order valence-corrected chi connectivity index (χ0v) is 15.4. The number of furan rings is 1. The van der Waals surface area contributed by atoms with Crippen molar-refractivity contribution in [1.29, 1.82) is 0 Å². The van der Waals surface area contributed by atoms with Crippen LogP contribution in [0, 0.1) is 6.92 Å². The molecule has 0 aliphatic carbocycles. The minimum absolute atomic E-state index is 0.242. The van der Waals surface area contributed by atoms with E-state index in [1.807, 2.05) is 43.3 Å². The van der Waals surface area contributed by atoms with Crippen molar-refractivity contribution in [3.8, 4) is 0 Å². The van der Waals surface area contributed by atoms with Crippen LogP contribution < -0.4 is 10.2 Å². The van der Waals surface area contributed by atoms with Crippen LogP contribution in [0.1, 0.15) is 36.1 Å². The van der Waals surface area contributed by atoms with Gasteiger partial charge in [0.05, 0.1) is 6.54 Å². The van der Waals surface area contributed by atoms with Gasteiger partial charge in [0.2, 0.25) is 0 Å². The molecule has 0 bridgehead atoms. The molecule has 6 heteroatoms. The molecule has 1 N–H and O–H groups in total. The summed E-state index contributed by atoms with van der Waals surface area (Å²) < 4.78 is 5.86. The summed E-state index contributed by atoms with van der Waals surface area (Å²) in [6.45, 7) is 4.23. The van der Waals surface area contributed by atoms with E-state index in [1.54, 1.807) is 6.08 Å². The number of hydrogen-bond donors (Lipinski definition) is 1. The molecule has 0 spiro atoms. The number of aryl methyl sites for hydroxylation is 1. The zero-order chi connectivity index (χ0) is 18.8. The lowest BCUT2D eigenvalue weighted by Crippen LogP contribution is -2.30. The van der Waals surface area contributed by atoms with Crippen molar-refractivity contribution in [1.82, 2.24) is 10.2 Å². The van der Waals surface area contributed by atoms with E-state index >= 15 is 0 Å². The summed E-state index contributed by atoms with van der Waals surface area (Å²) in [5.74, 6) is 1.04. The topological polar surface area (TPSA) is 65.8 Å². The predicted octanol–water partition coefficient (Wildman–Crippen LogP) is 3.67. The number of benzene rings is 1. The Morgan fingerprint density at radius 2 is 1.78 bits per heavy atom. The molecular weight excluding hydrogens is 342 g/mol. The lowest BCUT2D eigenvalue weighted by Gasteiger charge is -2.25. The van der Waals surface area contributed by atoms with Gasteiger partial charge in [-0.05, 0) is 37.8 Å². The maximum atomic E-state index is 12.6. The van der Waals surface area contributed by atoms with Crippen LogP contribution in [0.5, 0.6) is 0 Å². The second-order valence-corrected chi connectivity index (χ2v) is 7.09. The molecule has 4 rings (SSSR count). The summed E-state index contributed by atoms with van der Waals surface area (Å²) in [6, 6.07) is 11.1. The summed E-state index contributed by atoms with van der Waals surface area (Å²) in [5, 5.41) is 2.65. The molecule has 0 atom stereocenters. The Balaban J connectivity index is 1.47. The van der Waals surface area contributed by atoms with Gasteiger partial charge in [0.15, 0.2) is 5.88 Å². The van der Waals surface area contributed by atoms with E-state index in [4.69, 9.17) is 4.42 Å². The highest BCUT2D eigenvalue weighted by molar-refractivity contribution is 6.13. The first-order valence-electron chi connectivity index (χ1n) is 9.35. The summed E-state index contributed by atoms with van der Waals surface area (Å²) in [5.41, 5.74) is 2.29. The number of anilines is 1. The van der Waals surface area contributed by atoms with Crippen molar-refractivity contribution in [3.05, 3.63) is 59.0 Å². The number of nitrogens with one attached hydrogen (secondary N) is 1. The van der Waals surface area contributed by atoms with Crippen LogP contribution in [0.2, 0.25) is 0 Å². The first-order valence-corrected chi connectivity index (χ1v) is 9.35. The number of hydrogen-bond acceptors (Lipinski definition) is 4. The molecule has 140 valence electrons. The fourth-order valence-corrected chi connectivity index (χ4v) is 3.44. The highest BCUT2D eigenvalue weighted by Crippen LogP contribution is 2.25. The average Bonchev–Trinajstić information content (AvgIpc) is 3.25. The monoisotopic (exact) mass is 365 g/mol. The molecule has 2 aromatic rings. The number of carbonyl (C=O) groups excluding carboxylic acids is 2. The molecule has 1 aromatic carbocycles. The number of nitrogens with zero attached hydrogens (tertiary/aromatic N) is 2. The molecule has 6 nitrogen and oxygen atoms in total. The molecule has 0 unspecified atom stereocenters. The molecule has 0 saturated carbocycles. The van der Waals surface area contributed by atoms with Gasteiger partial charge in [-0.25, -0.2) is 4.79 Å². The normalized spacial score (nSPS) is 19.1. The van der Waals surface area contributed by atoms with E-state index < -0.39 is 6.03 Å². The summed E-state index contributed by atoms with van der Waals surface area (Å²) in [4.78, 5) is 28.3. The van der Waals surface area contributed by atoms with Gasteiger partial charge in [0, 0.05) is 25.2 Å². The van der Waals surface area contributed by atoms with E-state index in [1.165, 1.54) is 24.2 Å². The number of rotatable bonds is 4. The minimum atomic E-state index is -0.408. The van der Waals surface area contributed by atoms with Crippen LogP contribution in [0.25, 0.3) is 6.08 Å². The lowest BCUT2D eigenvalue weighted by molar-refractivity contribution is -0.123. The second-order valence-electron chi connectivity index (χ2n) is 7.09. The van der Waals surface area contributed by atoms with Gasteiger partial charge in [-0.1, -0.05) is 29.8 Å². The molecule has 2 aliphatic rings. The zero-order valence-electron chi connectivity index (χ0n) is 15.4. The fraction of sp³-hybridized carbons (Fsp3) is 0.333. The van der Waals surface area contributed by atoms with E-state index in [0.717, 1.165) is 30.1 Å². The highest BCUT2D eigenvalue weighted by Gasteiger charge is 2.33. The quantitative estimate of drug-likeness (QED) is 0.663. The van der Waals surface area contributed by atoms with Crippen molar-refractivity contribution in [2.75, 3.05) is 18.0 Å². The van der Waals surface area contributed by atoms with Crippen LogP contribution in [-0.2, 0) is 11.3 Å². The number of urea groups is 1. The van der Waals surface area contributed by atoms with Gasteiger partial charge in [-0.3, -0.25) is 9.69 Å². The number of imide groups is 1. The maximum absolute atomic E-state index is 12.6. The lowest BCUT2D eigenvalue weighted by atomic mass is 10.1. The van der Waals surface area contributed by atoms with Gasteiger partial charge in [0.25, 0.3) is 5.91 Å². The Bertz CT molecular complexity index is 876. The summed E-state index contributed by atoms with van der Waals surface area (Å²) in [7, 11) is 0. The van der Waals surface area contributed by atoms with Crippen LogP contribution >= 0.6 is 0 Å². The van der Waals surface area contributed by atoms with Crippen LogP contribution in [0.4, 0.5) is 10.7 Å². The van der Waals surface area contributed by atoms with Gasteiger partial charge in [-0.15, -0.1) is 0 Å². The Morgan fingerprint density at radius 1 is 1.04 bits per heavy atom. The van der Waals surface area contributed by atoms with Crippen molar-refractivity contribution < 1.29 is 14.0 Å². The summed E-state index contributed by atoms with van der Waals surface area (Å²) >= 11 is 0. The molecule has 27 heavy (non-hydrogen) atoms. The first-order chi connectivity index (χ1) is 13.1. The average molecular weight is 365 g/mol. The SMILES string of the molecule is Cc1ccc(CN2C(=O)N/C(=C/c3ccc(N4CCCCC4)o3)C2=O)cc1. The molecular formula is C21H23N3O3. The van der Waals surface area contributed by atoms with Crippen molar-refractivity contribution >= 4 is 23.9 Å². The van der Waals surface area contributed by atoms with E-state index in [2.05, 4.69) is 10.2 Å². The Morgan fingerprint density at radius 3 is 2.52 bits per heavy atom. The summed E-state index contributed by atoms with van der Waals surface area (Å²) in [6.07, 6.45) is 5.19. The molecule has 2 fully saturated rings. The van der Waals surface area contributed by atoms with Gasteiger partial charge >= 0.3 is 6.03 Å². The Kier molecular flexibility index (Phi) is 4.71. The third kappa shape index (κ3) is 3.74. The second kappa shape index (κ2) is 7.31. The smallest absolute Gasteiger partial charge is 0.329 e. The van der Waals surface area contributed by atoms with Crippen molar-refractivity contribution in [3.63, 3.8) is 0 Å². The molecule has 3 amide bonds. The Labute approximate surface area is 158 Å². The van der Waals surface area contributed by atoms with E-state index in [9.17, 15) is 9.59 Å². The maximum Gasteiger partial charge on any atom is 0.329 e. The predicted molar refractivity (Wildman–Crippen MR) is 103 cm³/mol. The van der Waals surface area contributed by atoms with Gasteiger partial charge in [-0.2, -0.15) is 0 Å². The standard InChI is InChI=1S/C21H23N3O3/c1-15-5-7-16(8-6-15)14-24-20(25)18(22-21(24)26)13-17-9-10-19(27-17)23-11-3-2-4-12-23/h5-10,13H,2-4,11-12,14H2,1H3,(H,22,26)/b18-13+. The van der Waals surface area contributed by atoms with Gasteiger partial charge in [0.1, 0.15) is 11.5 Å². The highest BCUT2D eigenvalue weighted by atomic mass is 16.4. The van der Waals surface area contributed by atoms with Crippen LogP contribution in [-0.4, -0.2) is 29.9 Å². The Hall–Kier alpha value is -3.02. The van der Waals surface area contributed by atoms with E-state index in [-0.39, 0.29) is 18.1 Å². The molecule has 1 aromatic heterocycles. The number of carbonyl (C=O) groups is 2. The number of amides is 3. The van der Waals surface area contributed by atoms with Crippen LogP contribution in [0.15, 0.2) is 46.5 Å². The molecule has 2 aliphatic heterocycles. The first kappa shape index (κ1) is 17.4. The minimum Gasteiger partial charge on any atom is -0.441 e.